The van der Waals surface area contributed by atoms with Crippen molar-refractivity contribution in [3.05, 3.63) is 9.97 Å². The normalized spacial score (nSPS) is 6.50. The minimum absolute atomic E-state index is 0.542. The van der Waals surface area contributed by atoms with Crippen LogP contribution in [0.15, 0.2) is 3.39 Å². The van der Waals surface area contributed by atoms with Crippen LogP contribution in [-0.4, -0.2) is 0 Å². The van der Waals surface area contributed by atoms with Crippen molar-refractivity contribution in [3.8, 4) is 0 Å². The second kappa shape index (κ2) is 1.97. The lowest BCUT2D eigenvalue weighted by Crippen LogP contribution is -1.21. The molecule has 0 atom stereocenters. The first-order valence-corrected chi connectivity index (χ1v) is 2.25. The molecular weight excluding hydrogens is 184 g/mol. The first-order valence-electron chi connectivity index (χ1n) is 0.667. The largest absolute Gasteiger partial charge is 0.0604 e. The van der Waals surface area contributed by atoms with Gasteiger partial charge in [-0.1, -0.05) is 0 Å². The van der Waals surface area contributed by atoms with Gasteiger partial charge >= 0.3 is 0 Å². The van der Waals surface area contributed by atoms with E-state index in [0.29, 0.717) is 3.39 Å². The van der Waals surface area contributed by atoms with Crippen molar-refractivity contribution in [1.82, 2.24) is 0 Å². The van der Waals surface area contributed by atoms with Crippen LogP contribution in [0.5, 0.6) is 0 Å². The average molecular weight is 185 g/mol. The molecule has 0 heterocycles. The molecule has 0 aromatic carbocycles. The van der Waals surface area contributed by atoms with Crippen LogP contribution >= 0.6 is 31.9 Å². The summed E-state index contributed by atoms with van der Waals surface area (Å²) in [7, 11) is 0. The van der Waals surface area contributed by atoms with Crippen LogP contribution in [0, 0.1) is 6.58 Å². The maximum Gasteiger partial charge on any atom is 0.0604 e. The molecule has 0 aromatic rings. The summed E-state index contributed by atoms with van der Waals surface area (Å²) in [6.07, 6.45) is 0. The Hall–Kier alpha value is 0.700. The van der Waals surface area contributed by atoms with Gasteiger partial charge in [-0.3, -0.25) is 0 Å². The zero-order valence-electron chi connectivity index (χ0n) is 1.83. The Bertz CT molecular complexity index is 27.0. The Labute approximate surface area is 42.1 Å². The van der Waals surface area contributed by atoms with Crippen molar-refractivity contribution in [2.24, 2.45) is 0 Å². The lowest BCUT2D eigenvalue weighted by Gasteiger charge is -1.57. The molecule has 0 aliphatic carbocycles. The van der Waals surface area contributed by atoms with Crippen LogP contribution in [0.2, 0.25) is 0 Å². The summed E-state index contributed by atoms with van der Waals surface area (Å²) in [5.41, 5.74) is 0. The van der Waals surface area contributed by atoms with Gasteiger partial charge in [0.15, 0.2) is 0 Å². The van der Waals surface area contributed by atoms with E-state index >= 15 is 0 Å². The lowest BCUT2D eigenvalue weighted by molar-refractivity contribution is 2.51. The number of hydrogen-bond donors (Lipinski definition) is 0. The van der Waals surface area contributed by atoms with Crippen molar-refractivity contribution in [2.45, 2.75) is 0 Å². The molecule has 0 bridgehead atoms. The van der Waals surface area contributed by atoms with Crippen molar-refractivity contribution >= 4 is 31.9 Å². The van der Waals surface area contributed by atoms with E-state index < -0.39 is 0 Å². The van der Waals surface area contributed by atoms with Crippen LogP contribution in [0.4, 0.5) is 0 Å². The molecule has 0 nitrogen and oxygen atoms in total. The van der Waals surface area contributed by atoms with E-state index in [9.17, 15) is 0 Å². The third kappa shape index (κ3) is 15.9. The van der Waals surface area contributed by atoms with Gasteiger partial charge in [0.05, 0.1) is 3.39 Å². The molecule has 0 rings (SSSR count). The Morgan fingerprint density at radius 1 is 1.50 bits per heavy atom. The highest BCUT2D eigenvalue weighted by atomic mass is 79.9. The van der Waals surface area contributed by atoms with Crippen molar-refractivity contribution in [3.63, 3.8) is 0 Å². The molecule has 0 spiro atoms. The van der Waals surface area contributed by atoms with Gasteiger partial charge in [0.25, 0.3) is 0 Å². The lowest BCUT2D eigenvalue weighted by atomic mass is 11.3. The fourth-order valence-electron chi connectivity index (χ4n) is 0. The van der Waals surface area contributed by atoms with E-state index in [1.54, 1.807) is 0 Å². The zero-order valence-corrected chi connectivity index (χ0v) is 5.01. The highest BCUT2D eigenvalue weighted by Gasteiger charge is 1.59. The number of halogens is 2. The van der Waals surface area contributed by atoms with Crippen LogP contribution in [-0.2, 0) is 0 Å². The second-order valence-corrected chi connectivity index (χ2v) is 3.06. The first kappa shape index (κ1) is 4.70. The molecule has 2 heteroatoms. The summed E-state index contributed by atoms with van der Waals surface area (Å²) in [6.45, 7) is 4.86. The SMILES string of the molecule is [CH]=C(Br)Br. The van der Waals surface area contributed by atoms with Gasteiger partial charge in [0.1, 0.15) is 0 Å². The monoisotopic (exact) mass is 183 g/mol. The van der Waals surface area contributed by atoms with Crippen LogP contribution in [0.1, 0.15) is 0 Å². The van der Waals surface area contributed by atoms with E-state index in [2.05, 4.69) is 31.9 Å². The topological polar surface area (TPSA) is 0 Å². The summed E-state index contributed by atoms with van der Waals surface area (Å²) in [6, 6.07) is 0. The summed E-state index contributed by atoms with van der Waals surface area (Å²) >= 11 is 5.76. The second-order valence-electron chi connectivity index (χ2n) is 0.290. The van der Waals surface area contributed by atoms with Gasteiger partial charge in [-0.25, -0.2) is 0 Å². The van der Waals surface area contributed by atoms with E-state index in [-0.39, 0.29) is 0 Å². The highest BCUT2D eigenvalue weighted by molar-refractivity contribution is 9.28. The summed E-state index contributed by atoms with van der Waals surface area (Å²) in [4.78, 5) is 0. The van der Waals surface area contributed by atoms with Crippen molar-refractivity contribution in [1.29, 1.82) is 0 Å². The fraction of sp³-hybridized carbons (Fsp3) is 0. The molecule has 1 radical (unpaired) electrons. The molecule has 0 aromatic heterocycles. The summed E-state index contributed by atoms with van der Waals surface area (Å²) in [5, 5.41) is 0. The minimum Gasteiger partial charge on any atom is -0.0426 e. The Kier molecular flexibility index (Phi) is 2.32. The van der Waals surface area contributed by atoms with Gasteiger partial charge in [0, 0.05) is 0 Å². The standard InChI is InChI=1S/C2HBr2/c1-2(3)4/h1H. The van der Waals surface area contributed by atoms with E-state index in [1.165, 1.54) is 0 Å². The van der Waals surface area contributed by atoms with Crippen LogP contribution in [0.3, 0.4) is 0 Å². The van der Waals surface area contributed by atoms with Crippen LogP contribution < -0.4 is 0 Å². The number of hydrogen-bond acceptors (Lipinski definition) is 0. The molecule has 0 unspecified atom stereocenters. The molecule has 0 amide bonds. The third-order valence-corrected chi connectivity index (χ3v) is 0. The molecule has 0 saturated heterocycles. The fourth-order valence-corrected chi connectivity index (χ4v) is 0. The van der Waals surface area contributed by atoms with Crippen molar-refractivity contribution < 1.29 is 0 Å². The maximum atomic E-state index is 4.86. The summed E-state index contributed by atoms with van der Waals surface area (Å²) in [5.74, 6) is 0. The van der Waals surface area contributed by atoms with E-state index in [4.69, 9.17) is 6.58 Å². The molecule has 23 valence electrons. The first-order chi connectivity index (χ1) is 1.73. The quantitative estimate of drug-likeness (QED) is 0.541. The van der Waals surface area contributed by atoms with E-state index in [1.807, 2.05) is 0 Å². The number of rotatable bonds is 0. The van der Waals surface area contributed by atoms with Crippen LogP contribution in [0.25, 0.3) is 0 Å². The van der Waals surface area contributed by atoms with E-state index in [0.717, 1.165) is 0 Å². The Balaban J connectivity index is 2.80. The molecule has 0 aliphatic heterocycles. The summed E-state index contributed by atoms with van der Waals surface area (Å²) < 4.78 is 0.542. The average Bonchev–Trinajstić information content (AvgIpc) is 0.811. The van der Waals surface area contributed by atoms with Gasteiger partial charge in [0.2, 0.25) is 0 Å². The van der Waals surface area contributed by atoms with Gasteiger partial charge in [-0.05, 0) is 38.4 Å². The molecular formula is C2HBr2. The predicted molar refractivity (Wildman–Crippen MR) is 25.7 cm³/mol. The molecule has 0 N–H and O–H groups in total. The molecule has 4 heavy (non-hydrogen) atoms. The Morgan fingerprint density at radius 2 is 1.50 bits per heavy atom. The van der Waals surface area contributed by atoms with Crippen molar-refractivity contribution in [2.75, 3.05) is 0 Å². The molecule has 0 aliphatic rings. The zero-order chi connectivity index (χ0) is 3.58. The molecule has 0 fully saturated rings. The van der Waals surface area contributed by atoms with Gasteiger partial charge < -0.3 is 0 Å². The minimum atomic E-state index is 0.542. The highest BCUT2D eigenvalue weighted by Crippen LogP contribution is 2.06. The smallest absolute Gasteiger partial charge is 0.0426 e. The third-order valence-electron chi connectivity index (χ3n) is 0. The van der Waals surface area contributed by atoms with Gasteiger partial charge in [-0.2, -0.15) is 0 Å². The molecule has 0 saturated carbocycles. The maximum absolute atomic E-state index is 4.86. The Morgan fingerprint density at radius 3 is 1.50 bits per heavy atom. The van der Waals surface area contributed by atoms with Gasteiger partial charge in [-0.15, -0.1) is 0 Å². The predicted octanol–water partition coefficient (Wildman–Crippen LogP) is 2.05.